The van der Waals surface area contributed by atoms with Crippen LogP contribution in [0.4, 0.5) is 0 Å². The average Bonchev–Trinajstić information content (AvgIpc) is 2.94. The average molecular weight is 303 g/mol. The van der Waals surface area contributed by atoms with Gasteiger partial charge in [-0.2, -0.15) is 0 Å². The summed E-state index contributed by atoms with van der Waals surface area (Å²) in [5.41, 5.74) is 1.45. The Bertz CT molecular complexity index is 723. The van der Waals surface area contributed by atoms with E-state index in [0.29, 0.717) is 27.6 Å². The van der Waals surface area contributed by atoms with Gasteiger partial charge in [0.05, 0.1) is 10.6 Å². The molecule has 0 aliphatic carbocycles. The molecule has 106 valence electrons. The zero-order chi connectivity index (χ0) is 14.8. The molecule has 0 spiro atoms. The number of carboxylic acid groups (broad SMARTS) is 1. The van der Waals surface area contributed by atoms with E-state index in [2.05, 4.69) is 0 Å². The van der Waals surface area contributed by atoms with Gasteiger partial charge in [-0.05, 0) is 29.3 Å². The van der Waals surface area contributed by atoms with Gasteiger partial charge in [0, 0.05) is 0 Å². The number of hydrogen-bond donors (Lipinski definition) is 1. The summed E-state index contributed by atoms with van der Waals surface area (Å²) in [4.78, 5) is 11.5. The molecule has 0 saturated heterocycles. The third-order valence-corrected chi connectivity index (χ3v) is 3.36. The molecule has 1 heterocycles. The van der Waals surface area contributed by atoms with Crippen LogP contribution in [-0.4, -0.2) is 17.9 Å². The second-order valence-corrected chi connectivity index (χ2v) is 4.87. The Balaban J connectivity index is 2.07. The fourth-order valence-electron chi connectivity index (χ4n) is 2.12. The van der Waals surface area contributed by atoms with Crippen LogP contribution in [0.1, 0.15) is 11.1 Å². The maximum absolute atomic E-state index is 11.5. The Morgan fingerprint density at radius 1 is 1.19 bits per heavy atom. The van der Waals surface area contributed by atoms with Crippen molar-refractivity contribution < 1.29 is 19.4 Å². The molecule has 0 aromatic heterocycles. The van der Waals surface area contributed by atoms with Crippen LogP contribution in [0.15, 0.2) is 42.5 Å². The summed E-state index contributed by atoms with van der Waals surface area (Å²) in [6, 6.07) is 12.3. The van der Waals surface area contributed by atoms with E-state index in [9.17, 15) is 9.90 Å². The maximum atomic E-state index is 11.5. The van der Waals surface area contributed by atoms with Crippen LogP contribution in [0.3, 0.4) is 0 Å². The smallest absolute Gasteiger partial charge is 0.336 e. The van der Waals surface area contributed by atoms with Gasteiger partial charge in [-0.3, -0.25) is 0 Å². The molecular formula is C16H11ClO4. The first-order chi connectivity index (χ1) is 10.1. The number of carbonyl (C=O) groups is 1. The van der Waals surface area contributed by atoms with Crippen molar-refractivity contribution >= 4 is 29.2 Å². The van der Waals surface area contributed by atoms with Gasteiger partial charge in [-0.15, -0.1) is 0 Å². The summed E-state index contributed by atoms with van der Waals surface area (Å²) in [6.45, 7) is 0.118. The summed E-state index contributed by atoms with van der Waals surface area (Å²) in [6.07, 6.45) is 1.56. The quantitative estimate of drug-likeness (QED) is 0.694. The van der Waals surface area contributed by atoms with Gasteiger partial charge >= 0.3 is 5.97 Å². The molecule has 1 N–H and O–H groups in total. The number of rotatable bonds is 3. The van der Waals surface area contributed by atoms with Crippen molar-refractivity contribution in [2.24, 2.45) is 0 Å². The second-order valence-electron chi connectivity index (χ2n) is 4.47. The van der Waals surface area contributed by atoms with Crippen LogP contribution in [0.5, 0.6) is 11.5 Å². The van der Waals surface area contributed by atoms with E-state index in [1.807, 2.05) is 6.07 Å². The van der Waals surface area contributed by atoms with E-state index in [4.69, 9.17) is 21.1 Å². The minimum atomic E-state index is -1.00. The van der Waals surface area contributed by atoms with E-state index in [0.717, 1.165) is 0 Å². The molecule has 0 bridgehead atoms. The van der Waals surface area contributed by atoms with Gasteiger partial charge in [0.2, 0.25) is 6.79 Å². The van der Waals surface area contributed by atoms with Gasteiger partial charge in [0.1, 0.15) is 0 Å². The van der Waals surface area contributed by atoms with Crippen LogP contribution in [0, 0.1) is 0 Å². The topological polar surface area (TPSA) is 55.8 Å². The van der Waals surface area contributed by atoms with E-state index in [1.54, 1.807) is 42.5 Å². The lowest BCUT2D eigenvalue weighted by molar-refractivity contribution is -0.130. The Morgan fingerprint density at radius 3 is 2.67 bits per heavy atom. The Morgan fingerprint density at radius 2 is 1.95 bits per heavy atom. The molecule has 2 aromatic carbocycles. The molecule has 0 unspecified atom stereocenters. The highest BCUT2D eigenvalue weighted by Crippen LogP contribution is 2.40. The Kier molecular flexibility index (Phi) is 3.54. The first-order valence-electron chi connectivity index (χ1n) is 6.25. The number of benzene rings is 2. The van der Waals surface area contributed by atoms with Gasteiger partial charge in [0.25, 0.3) is 0 Å². The van der Waals surface area contributed by atoms with Gasteiger partial charge < -0.3 is 14.6 Å². The summed E-state index contributed by atoms with van der Waals surface area (Å²) in [5, 5.41) is 9.79. The van der Waals surface area contributed by atoms with Crippen LogP contribution < -0.4 is 9.47 Å². The summed E-state index contributed by atoms with van der Waals surface area (Å²) in [7, 11) is 0. The third kappa shape index (κ3) is 2.71. The predicted molar refractivity (Wildman–Crippen MR) is 79.5 cm³/mol. The summed E-state index contributed by atoms with van der Waals surface area (Å²) >= 11 is 6.10. The molecule has 2 aromatic rings. The van der Waals surface area contributed by atoms with Crippen molar-refractivity contribution in [3.8, 4) is 11.5 Å². The number of ether oxygens (including phenoxy) is 2. The second kappa shape index (κ2) is 5.50. The van der Waals surface area contributed by atoms with E-state index >= 15 is 0 Å². The fraction of sp³-hybridized carbons (Fsp3) is 0.0625. The van der Waals surface area contributed by atoms with E-state index < -0.39 is 5.97 Å². The maximum Gasteiger partial charge on any atom is 0.336 e. The SMILES string of the molecule is O=C(O)/C(=C\c1cc(Cl)c2c(c1)OCO2)c1ccccc1. The lowest BCUT2D eigenvalue weighted by Gasteiger charge is -2.05. The van der Waals surface area contributed by atoms with Crippen molar-refractivity contribution in [1.82, 2.24) is 0 Å². The van der Waals surface area contributed by atoms with Crippen molar-refractivity contribution in [3.63, 3.8) is 0 Å². The number of hydrogen-bond acceptors (Lipinski definition) is 3. The molecule has 4 nitrogen and oxygen atoms in total. The Hall–Kier alpha value is -2.46. The first kappa shape index (κ1) is 13.5. The lowest BCUT2D eigenvalue weighted by Crippen LogP contribution is -1.99. The highest BCUT2D eigenvalue weighted by molar-refractivity contribution is 6.32. The third-order valence-electron chi connectivity index (χ3n) is 3.08. The van der Waals surface area contributed by atoms with Crippen LogP contribution in [0.2, 0.25) is 5.02 Å². The summed E-state index contributed by atoms with van der Waals surface area (Å²) in [5.74, 6) is 0.00643. The first-order valence-corrected chi connectivity index (χ1v) is 6.62. The van der Waals surface area contributed by atoms with Crippen LogP contribution >= 0.6 is 11.6 Å². The molecule has 1 aliphatic rings. The summed E-state index contributed by atoms with van der Waals surface area (Å²) < 4.78 is 10.5. The molecule has 0 amide bonds. The zero-order valence-corrected chi connectivity index (χ0v) is 11.6. The van der Waals surface area contributed by atoms with Gasteiger partial charge in [0.15, 0.2) is 11.5 Å². The highest BCUT2D eigenvalue weighted by atomic mass is 35.5. The monoisotopic (exact) mass is 302 g/mol. The minimum absolute atomic E-state index is 0.118. The predicted octanol–water partition coefficient (Wildman–Crippen LogP) is 3.69. The fourth-order valence-corrected chi connectivity index (χ4v) is 2.40. The van der Waals surface area contributed by atoms with E-state index in [1.165, 1.54) is 0 Å². The lowest BCUT2D eigenvalue weighted by atomic mass is 10.0. The largest absolute Gasteiger partial charge is 0.478 e. The molecule has 3 rings (SSSR count). The normalized spacial score (nSPS) is 13.3. The highest BCUT2D eigenvalue weighted by Gasteiger charge is 2.18. The van der Waals surface area contributed by atoms with Gasteiger partial charge in [-0.25, -0.2) is 4.79 Å². The van der Waals surface area contributed by atoms with Crippen molar-refractivity contribution in [2.75, 3.05) is 6.79 Å². The molecule has 0 saturated carbocycles. The molecule has 1 aliphatic heterocycles. The van der Waals surface area contributed by atoms with Crippen molar-refractivity contribution in [3.05, 3.63) is 58.6 Å². The standard InChI is InChI=1S/C16H11ClO4/c17-13-7-10(8-14-15(13)21-9-20-14)6-12(16(18)19)11-4-2-1-3-5-11/h1-8H,9H2,(H,18,19)/b12-6-. The number of fused-ring (bicyclic) bond motifs is 1. The number of carboxylic acids is 1. The van der Waals surface area contributed by atoms with E-state index in [-0.39, 0.29) is 12.4 Å². The Labute approximate surface area is 126 Å². The minimum Gasteiger partial charge on any atom is -0.478 e. The van der Waals surface area contributed by atoms with Crippen molar-refractivity contribution in [1.29, 1.82) is 0 Å². The van der Waals surface area contributed by atoms with Crippen LogP contribution in [-0.2, 0) is 4.79 Å². The molecular weight excluding hydrogens is 292 g/mol. The number of halogens is 1. The molecule has 0 fully saturated rings. The van der Waals surface area contributed by atoms with Crippen molar-refractivity contribution in [2.45, 2.75) is 0 Å². The molecule has 5 heteroatoms. The number of aliphatic carboxylic acids is 1. The van der Waals surface area contributed by atoms with Gasteiger partial charge in [-0.1, -0.05) is 41.9 Å². The molecule has 0 atom stereocenters. The zero-order valence-electron chi connectivity index (χ0n) is 10.9. The van der Waals surface area contributed by atoms with Crippen LogP contribution in [0.25, 0.3) is 11.6 Å². The molecule has 0 radical (unpaired) electrons. The molecule has 21 heavy (non-hydrogen) atoms.